The lowest BCUT2D eigenvalue weighted by molar-refractivity contribution is -0.320. The first-order valence-corrected chi connectivity index (χ1v) is 20.5. The van der Waals surface area contributed by atoms with Gasteiger partial charge in [-0.15, -0.1) is 0 Å². The predicted octanol–water partition coefficient (Wildman–Crippen LogP) is 2.07. The number of fused-ring (bicyclic) bond motifs is 5. The molecule has 0 bridgehead atoms. The van der Waals surface area contributed by atoms with Gasteiger partial charge in [0.05, 0.1) is 36.1 Å². The van der Waals surface area contributed by atoms with Gasteiger partial charge in [-0.1, -0.05) is 58.4 Å². The van der Waals surface area contributed by atoms with Crippen molar-refractivity contribution in [1.82, 2.24) is 0 Å². The predicted molar refractivity (Wildman–Crippen MR) is 201 cm³/mol. The van der Waals surface area contributed by atoms with Crippen molar-refractivity contribution in [3.63, 3.8) is 0 Å². The third-order valence-electron chi connectivity index (χ3n) is 16.0. The second-order valence-electron chi connectivity index (χ2n) is 20.0. The molecule has 0 aromatic carbocycles. The van der Waals surface area contributed by atoms with E-state index in [-0.39, 0.29) is 34.7 Å². The Hall–Kier alpha value is -1.04. The average Bonchev–Trinajstić information content (AvgIpc) is 3.38. The maximum Gasteiger partial charge on any atom is 0.187 e. The molecule has 0 aromatic heterocycles. The number of rotatable bonds is 9. The van der Waals surface area contributed by atoms with Crippen molar-refractivity contribution in [1.29, 1.82) is 0 Å². The molecular formula is C42H70O13. The third-order valence-corrected chi connectivity index (χ3v) is 16.0. The molecule has 13 nitrogen and oxygen atoms in total. The van der Waals surface area contributed by atoms with Crippen LogP contribution in [0.5, 0.6) is 0 Å². The van der Waals surface area contributed by atoms with Crippen molar-refractivity contribution in [2.24, 2.45) is 39.4 Å². The summed E-state index contributed by atoms with van der Waals surface area (Å²) in [5.41, 5.74) is -2.27. The average molecular weight is 783 g/mol. The molecule has 0 spiro atoms. The van der Waals surface area contributed by atoms with E-state index in [1.54, 1.807) is 6.92 Å². The summed E-state index contributed by atoms with van der Waals surface area (Å²) in [6, 6.07) is 0. The molecule has 0 aromatic rings. The fraction of sp³-hybridized carbons (Fsp3) is 0.905. The van der Waals surface area contributed by atoms with Crippen molar-refractivity contribution in [3.05, 3.63) is 23.8 Å². The van der Waals surface area contributed by atoms with E-state index < -0.39 is 96.2 Å². The van der Waals surface area contributed by atoms with Crippen LogP contribution in [0.1, 0.15) is 107 Å². The van der Waals surface area contributed by atoms with Crippen LogP contribution in [0.2, 0.25) is 0 Å². The van der Waals surface area contributed by atoms with Crippen LogP contribution >= 0.6 is 0 Å². The van der Waals surface area contributed by atoms with Crippen LogP contribution in [-0.4, -0.2) is 137 Å². The molecule has 0 amide bonds. The summed E-state index contributed by atoms with van der Waals surface area (Å²) >= 11 is 0. The highest BCUT2D eigenvalue weighted by atomic mass is 16.7. The van der Waals surface area contributed by atoms with Crippen LogP contribution in [0.15, 0.2) is 23.8 Å². The Morgan fingerprint density at radius 2 is 1.45 bits per heavy atom. The smallest absolute Gasteiger partial charge is 0.187 e. The molecule has 5 fully saturated rings. The first kappa shape index (κ1) is 43.5. The normalized spacial score (nSPS) is 51.2. The molecule has 19 atom stereocenters. The van der Waals surface area contributed by atoms with E-state index in [9.17, 15) is 46.0 Å². The Kier molecular flexibility index (Phi) is 11.8. The summed E-state index contributed by atoms with van der Waals surface area (Å²) in [7, 11) is 0. The van der Waals surface area contributed by atoms with Crippen molar-refractivity contribution in [3.8, 4) is 0 Å². The fourth-order valence-corrected chi connectivity index (χ4v) is 12.4. The lowest BCUT2D eigenvalue weighted by Crippen LogP contribution is -2.65. The molecule has 6 rings (SSSR count). The first-order valence-electron chi connectivity index (χ1n) is 20.5. The summed E-state index contributed by atoms with van der Waals surface area (Å²) in [5, 5.41) is 96.6. The van der Waals surface area contributed by atoms with E-state index in [1.165, 1.54) is 5.57 Å². The minimum Gasteiger partial charge on any atom is -0.394 e. The first-order chi connectivity index (χ1) is 25.4. The molecule has 2 aliphatic heterocycles. The molecule has 2 saturated heterocycles. The van der Waals surface area contributed by atoms with Gasteiger partial charge >= 0.3 is 0 Å². The number of hydrogen-bond donors (Lipinski definition) is 9. The maximum atomic E-state index is 12.4. The molecule has 9 N–H and O–H groups in total. The van der Waals surface area contributed by atoms with Gasteiger partial charge in [0.1, 0.15) is 42.7 Å². The summed E-state index contributed by atoms with van der Waals surface area (Å²) < 4.78 is 23.8. The number of ether oxygens (including phenoxy) is 4. The highest BCUT2D eigenvalue weighted by molar-refractivity contribution is 5.32. The summed E-state index contributed by atoms with van der Waals surface area (Å²) in [4.78, 5) is 0. The molecule has 3 saturated carbocycles. The summed E-state index contributed by atoms with van der Waals surface area (Å²) in [6.45, 7) is 17.7. The molecule has 2 heterocycles. The van der Waals surface area contributed by atoms with Crippen LogP contribution < -0.4 is 0 Å². The molecule has 316 valence electrons. The second kappa shape index (κ2) is 14.9. The second-order valence-corrected chi connectivity index (χ2v) is 20.0. The van der Waals surface area contributed by atoms with Gasteiger partial charge in [-0.25, -0.2) is 0 Å². The summed E-state index contributed by atoms with van der Waals surface area (Å²) in [6.07, 6.45) is -2.78. The lowest BCUT2D eigenvalue weighted by Gasteiger charge is -2.67. The van der Waals surface area contributed by atoms with Crippen molar-refractivity contribution < 1.29 is 64.9 Å². The molecule has 0 radical (unpaired) electrons. The largest absolute Gasteiger partial charge is 0.394 e. The maximum absolute atomic E-state index is 12.4. The minimum absolute atomic E-state index is 0.0797. The van der Waals surface area contributed by atoms with Gasteiger partial charge in [0.25, 0.3) is 0 Å². The van der Waals surface area contributed by atoms with E-state index in [4.69, 9.17) is 18.9 Å². The van der Waals surface area contributed by atoms with Gasteiger partial charge < -0.3 is 64.9 Å². The van der Waals surface area contributed by atoms with Crippen LogP contribution in [-0.2, 0) is 18.9 Å². The van der Waals surface area contributed by atoms with Crippen LogP contribution in [0, 0.1) is 39.4 Å². The fourth-order valence-electron chi connectivity index (χ4n) is 12.4. The van der Waals surface area contributed by atoms with Crippen molar-refractivity contribution >= 4 is 0 Å². The SMILES string of the molecule is C[C@@H]1O[C@@H](OC(C)(C)/C=C/C[C@](C)(O)[C@H]2CC[C@@]3(C)[C@@H]4CC=C5[C@@H](CC[C@H](O[C@@H]6O[C@H](CO)[C@@H](O)[C@H](O)[C@H]6O)C5(C)C)[C@]4(C)[C@@H](O)C[C@]23C)[C@H](O)[C@H](O)[C@H]1O. The molecule has 13 heteroatoms. The van der Waals surface area contributed by atoms with E-state index in [0.717, 1.165) is 25.7 Å². The molecule has 0 unspecified atom stereocenters. The molecule has 4 aliphatic carbocycles. The molecule has 6 aliphatic rings. The van der Waals surface area contributed by atoms with E-state index >= 15 is 0 Å². The van der Waals surface area contributed by atoms with Crippen LogP contribution in [0.4, 0.5) is 0 Å². The van der Waals surface area contributed by atoms with Gasteiger partial charge in [-0.3, -0.25) is 0 Å². The standard InChI is InChI=1S/C42H70O13/c1-21-29(45)31(47)34(50)36(52-21)55-37(2,3)16-10-17-41(8,51)25-15-18-39(6)26-13-11-22-23(42(26,9)27(44)19-40(25,39)7)12-14-28(38(22,4)5)54-35-33(49)32(48)30(46)24(20-43)53-35/h10-11,16,21,23-36,43-51H,12-15,17-20H2,1-9H3/b16-10+/t21-,23+,24+,25-,26-,27-,28-,29-,30+,31+,32-,33+,34+,35-,36-,39-,40+,41-,42-/m0/s1. The van der Waals surface area contributed by atoms with Gasteiger partial charge in [0, 0.05) is 10.8 Å². The summed E-state index contributed by atoms with van der Waals surface area (Å²) in [5.74, 6) is 0.141. The van der Waals surface area contributed by atoms with Crippen LogP contribution in [0.25, 0.3) is 0 Å². The number of aliphatic hydroxyl groups is 9. The topological polar surface area (TPSA) is 219 Å². The third kappa shape index (κ3) is 7.02. The zero-order valence-corrected chi connectivity index (χ0v) is 34.2. The number of aliphatic hydroxyl groups excluding tert-OH is 8. The highest BCUT2D eigenvalue weighted by Gasteiger charge is 2.71. The lowest BCUT2D eigenvalue weighted by atomic mass is 9.38. The van der Waals surface area contributed by atoms with E-state index in [2.05, 4.69) is 40.7 Å². The van der Waals surface area contributed by atoms with E-state index in [1.807, 2.05) is 32.9 Å². The van der Waals surface area contributed by atoms with Crippen LogP contribution in [0.3, 0.4) is 0 Å². The Labute approximate surface area is 326 Å². The highest BCUT2D eigenvalue weighted by Crippen LogP contribution is 2.75. The Morgan fingerprint density at radius 3 is 2.11 bits per heavy atom. The Bertz CT molecular complexity index is 1450. The monoisotopic (exact) mass is 782 g/mol. The van der Waals surface area contributed by atoms with Gasteiger partial charge in [-0.05, 0) is 101 Å². The molecule has 55 heavy (non-hydrogen) atoms. The molecular weight excluding hydrogens is 712 g/mol. The van der Waals surface area contributed by atoms with Gasteiger partial charge in [-0.2, -0.15) is 0 Å². The van der Waals surface area contributed by atoms with Gasteiger partial charge in [0.2, 0.25) is 0 Å². The zero-order chi connectivity index (χ0) is 40.8. The number of hydrogen-bond acceptors (Lipinski definition) is 13. The van der Waals surface area contributed by atoms with E-state index in [0.29, 0.717) is 19.3 Å². The van der Waals surface area contributed by atoms with Crippen molar-refractivity contribution in [2.45, 2.75) is 192 Å². The minimum atomic E-state index is -1.52. The van der Waals surface area contributed by atoms with Gasteiger partial charge in [0.15, 0.2) is 12.6 Å². The quantitative estimate of drug-likeness (QED) is 0.153. The zero-order valence-electron chi connectivity index (χ0n) is 34.2. The van der Waals surface area contributed by atoms with Crippen molar-refractivity contribution in [2.75, 3.05) is 6.61 Å². The Morgan fingerprint density at radius 1 is 0.818 bits per heavy atom. The Balaban J connectivity index is 1.17. The number of allylic oxidation sites excluding steroid dienone is 1.